The molecular formula is C34H47N9O4. The Labute approximate surface area is 277 Å². The van der Waals surface area contributed by atoms with E-state index in [1.807, 2.05) is 48.0 Å². The van der Waals surface area contributed by atoms with Gasteiger partial charge < -0.3 is 35.2 Å². The molecule has 0 radical (unpaired) electrons. The molecule has 47 heavy (non-hydrogen) atoms. The summed E-state index contributed by atoms with van der Waals surface area (Å²) in [6.07, 6.45) is 8.82. The molecular weight excluding hydrogens is 598 g/mol. The number of fused-ring (bicyclic) bond motifs is 1. The number of amides is 2. The Morgan fingerprint density at radius 1 is 1.21 bits per heavy atom. The molecule has 3 N–H and O–H groups in total. The third-order valence-corrected chi connectivity index (χ3v) is 7.58. The summed E-state index contributed by atoms with van der Waals surface area (Å²) < 4.78 is 12.5. The van der Waals surface area contributed by atoms with Gasteiger partial charge in [0, 0.05) is 51.5 Å². The van der Waals surface area contributed by atoms with Gasteiger partial charge in [0.2, 0.25) is 23.6 Å². The Bertz CT molecular complexity index is 1590. The smallest absolute Gasteiger partial charge is 0.246 e. The van der Waals surface area contributed by atoms with Crippen molar-refractivity contribution >= 4 is 40.2 Å². The molecule has 0 unspecified atom stereocenters. The van der Waals surface area contributed by atoms with Crippen LogP contribution in [0.5, 0.6) is 5.88 Å². The second-order valence-corrected chi connectivity index (χ2v) is 11.5. The Hall–Kier alpha value is -4.67. The standard InChI is InChI=1S/C34H47N9O4/c1-6-17-35-31-25(12-8-7-9-18-36-32(45)28-13-10-20-42(28)30(44)14-11-19-41(2)3)24-37-34(39-31)38-26-15-16-27-29(23-26)43(21-22-46-4)40-33(27)47-5/h11,14-16,23-24,28H,6-7,9-10,13,17-22H2,1-5H3,(H,36,45)(H2,35,37,38,39)/t28-/m0/s1. The van der Waals surface area contributed by atoms with Gasteiger partial charge in [0.05, 0.1) is 42.9 Å². The first-order valence-electron chi connectivity index (χ1n) is 16.1. The number of methoxy groups -OCH3 is 2. The number of hydrogen-bond donors (Lipinski definition) is 3. The zero-order valence-electron chi connectivity index (χ0n) is 28.1. The van der Waals surface area contributed by atoms with Crippen LogP contribution in [0.1, 0.15) is 44.6 Å². The Balaban J connectivity index is 1.33. The molecule has 1 aliphatic heterocycles. The van der Waals surface area contributed by atoms with Gasteiger partial charge in [-0.05, 0) is 58.0 Å². The Morgan fingerprint density at radius 3 is 2.83 bits per heavy atom. The van der Waals surface area contributed by atoms with E-state index in [1.165, 1.54) is 0 Å². The molecule has 4 rings (SSSR count). The molecule has 0 aliphatic carbocycles. The first-order chi connectivity index (χ1) is 22.8. The molecule has 1 aliphatic rings. The number of carbonyl (C=O) groups is 2. The lowest BCUT2D eigenvalue weighted by molar-refractivity contribution is -0.135. The first-order valence-corrected chi connectivity index (χ1v) is 16.1. The normalized spacial score (nSPS) is 14.4. The highest BCUT2D eigenvalue weighted by Gasteiger charge is 2.32. The summed E-state index contributed by atoms with van der Waals surface area (Å²) in [5.41, 5.74) is 2.42. The van der Waals surface area contributed by atoms with E-state index in [0.29, 0.717) is 75.3 Å². The van der Waals surface area contributed by atoms with Gasteiger partial charge in [0.1, 0.15) is 11.9 Å². The van der Waals surface area contributed by atoms with Crippen LogP contribution in [0.2, 0.25) is 0 Å². The quantitative estimate of drug-likeness (QED) is 0.121. The Kier molecular flexibility index (Phi) is 13.4. The number of ether oxygens (including phenoxy) is 2. The van der Waals surface area contributed by atoms with Crippen LogP contribution in [-0.4, -0.2) is 109 Å². The number of rotatable bonds is 16. The molecule has 1 atom stereocenters. The van der Waals surface area contributed by atoms with Gasteiger partial charge in [-0.25, -0.2) is 4.98 Å². The molecule has 2 amide bonds. The maximum atomic E-state index is 12.8. The summed E-state index contributed by atoms with van der Waals surface area (Å²) in [7, 11) is 7.16. The number of hydrogen-bond acceptors (Lipinski definition) is 10. The summed E-state index contributed by atoms with van der Waals surface area (Å²) >= 11 is 0. The van der Waals surface area contributed by atoms with E-state index in [2.05, 4.69) is 44.8 Å². The van der Waals surface area contributed by atoms with Crippen molar-refractivity contribution in [3.8, 4) is 17.7 Å². The maximum absolute atomic E-state index is 12.8. The van der Waals surface area contributed by atoms with Gasteiger partial charge in [-0.2, -0.15) is 4.98 Å². The number of carbonyl (C=O) groups excluding carboxylic acids is 2. The van der Waals surface area contributed by atoms with Crippen LogP contribution in [-0.2, 0) is 20.9 Å². The van der Waals surface area contributed by atoms with Crippen molar-refractivity contribution in [1.29, 1.82) is 0 Å². The molecule has 0 bridgehead atoms. The van der Waals surface area contributed by atoms with Crippen molar-refractivity contribution in [2.75, 3.05) is 71.7 Å². The molecule has 252 valence electrons. The van der Waals surface area contributed by atoms with Gasteiger partial charge in [-0.1, -0.05) is 24.8 Å². The lowest BCUT2D eigenvalue weighted by atomic mass is 10.2. The van der Waals surface area contributed by atoms with E-state index in [4.69, 9.17) is 14.5 Å². The zero-order valence-corrected chi connectivity index (χ0v) is 28.1. The third kappa shape index (κ3) is 9.91. The summed E-state index contributed by atoms with van der Waals surface area (Å²) in [6.45, 7) is 5.73. The van der Waals surface area contributed by atoms with Gasteiger partial charge in [-0.15, -0.1) is 5.10 Å². The monoisotopic (exact) mass is 645 g/mol. The van der Waals surface area contributed by atoms with Crippen LogP contribution in [0.4, 0.5) is 17.5 Å². The largest absolute Gasteiger partial charge is 0.479 e. The highest BCUT2D eigenvalue weighted by molar-refractivity contribution is 5.93. The molecule has 13 nitrogen and oxygen atoms in total. The van der Waals surface area contributed by atoms with E-state index < -0.39 is 6.04 Å². The predicted molar refractivity (Wildman–Crippen MR) is 184 cm³/mol. The second kappa shape index (κ2) is 17.9. The average molecular weight is 646 g/mol. The van der Waals surface area contributed by atoms with Crippen LogP contribution in [0.25, 0.3) is 10.9 Å². The molecule has 1 aromatic carbocycles. The lowest BCUT2D eigenvalue weighted by Crippen LogP contribution is -2.45. The lowest BCUT2D eigenvalue weighted by Gasteiger charge is -2.22. The highest BCUT2D eigenvalue weighted by atomic mass is 16.5. The van der Waals surface area contributed by atoms with Crippen LogP contribution in [0.3, 0.4) is 0 Å². The van der Waals surface area contributed by atoms with Gasteiger partial charge in [-0.3, -0.25) is 14.3 Å². The molecule has 13 heteroatoms. The fraction of sp³-hybridized carbons (Fsp3) is 0.500. The van der Waals surface area contributed by atoms with Crippen LogP contribution >= 0.6 is 0 Å². The Morgan fingerprint density at radius 2 is 2.06 bits per heavy atom. The number of nitrogens with one attached hydrogen (secondary N) is 3. The van der Waals surface area contributed by atoms with Crippen molar-refractivity contribution in [1.82, 2.24) is 34.9 Å². The van der Waals surface area contributed by atoms with E-state index in [9.17, 15) is 9.59 Å². The topological polar surface area (TPSA) is 139 Å². The summed E-state index contributed by atoms with van der Waals surface area (Å²) in [4.78, 5) is 38.3. The molecule has 3 aromatic rings. The van der Waals surface area contributed by atoms with E-state index >= 15 is 0 Å². The first kappa shape index (κ1) is 35.2. The van der Waals surface area contributed by atoms with Gasteiger partial charge in [0.15, 0.2) is 0 Å². The SMILES string of the molecule is CCCNc1nc(Nc2ccc3c(OC)nn(CCOC)c3c2)ncc1C#CCCCNC(=O)[C@@H]1CCCN1C(=O)C=CCN(C)C. The van der Waals surface area contributed by atoms with E-state index in [0.717, 1.165) is 36.0 Å². The van der Waals surface area contributed by atoms with Crippen molar-refractivity contribution in [3.63, 3.8) is 0 Å². The minimum atomic E-state index is -0.420. The molecule has 1 fully saturated rings. The fourth-order valence-corrected chi connectivity index (χ4v) is 5.19. The maximum Gasteiger partial charge on any atom is 0.246 e. The summed E-state index contributed by atoms with van der Waals surface area (Å²) in [5.74, 6) is 7.82. The molecule has 0 spiro atoms. The number of likely N-dealkylation sites (tertiary alicyclic amines) is 1. The summed E-state index contributed by atoms with van der Waals surface area (Å²) in [6, 6.07) is 5.46. The number of benzene rings is 1. The number of aromatic nitrogens is 4. The van der Waals surface area contributed by atoms with E-state index in [1.54, 1.807) is 31.4 Å². The van der Waals surface area contributed by atoms with Gasteiger partial charge >= 0.3 is 0 Å². The van der Waals surface area contributed by atoms with Crippen molar-refractivity contribution < 1.29 is 19.1 Å². The van der Waals surface area contributed by atoms with Gasteiger partial charge in [0.25, 0.3) is 0 Å². The number of anilines is 3. The number of likely N-dealkylation sites (N-methyl/N-ethyl adjacent to an activating group) is 1. The van der Waals surface area contributed by atoms with Crippen LogP contribution in [0.15, 0.2) is 36.5 Å². The predicted octanol–water partition coefficient (Wildman–Crippen LogP) is 3.40. The third-order valence-electron chi connectivity index (χ3n) is 7.58. The fourth-order valence-electron chi connectivity index (χ4n) is 5.19. The molecule has 2 aromatic heterocycles. The molecule has 1 saturated heterocycles. The van der Waals surface area contributed by atoms with Crippen molar-refractivity contribution in [2.45, 2.75) is 51.6 Å². The minimum Gasteiger partial charge on any atom is -0.479 e. The highest BCUT2D eigenvalue weighted by Crippen LogP contribution is 2.28. The van der Waals surface area contributed by atoms with Crippen molar-refractivity contribution in [3.05, 3.63) is 42.1 Å². The molecule has 0 saturated carbocycles. The number of unbranched alkanes of at least 4 members (excludes halogenated alkanes) is 1. The average Bonchev–Trinajstić information content (AvgIpc) is 3.70. The molecule has 3 heterocycles. The summed E-state index contributed by atoms with van der Waals surface area (Å²) in [5, 5.41) is 15.1. The van der Waals surface area contributed by atoms with Crippen molar-refractivity contribution in [2.24, 2.45) is 0 Å². The number of nitrogens with zero attached hydrogens (tertiary/aromatic N) is 6. The minimum absolute atomic E-state index is 0.106. The van der Waals surface area contributed by atoms with E-state index in [-0.39, 0.29) is 11.8 Å². The zero-order chi connectivity index (χ0) is 33.6. The second-order valence-electron chi connectivity index (χ2n) is 11.5. The van der Waals surface area contributed by atoms with Crippen LogP contribution < -0.4 is 20.7 Å². The van der Waals surface area contributed by atoms with Crippen LogP contribution in [0, 0.1) is 11.8 Å².